The quantitative estimate of drug-likeness (QED) is 0.516. The van der Waals surface area contributed by atoms with Gasteiger partial charge in [0.2, 0.25) is 5.78 Å². The Bertz CT molecular complexity index is 912. The minimum Gasteiger partial charge on any atom is -0.451 e. The zero-order chi connectivity index (χ0) is 17.8. The SMILES string of the molecule is C[C@@H](OC(=O)c1ccccc1-n1cnnn1)C(=O)c1cccc(Cl)c1. The number of carbonyl (C=O) groups excluding carboxylic acids is 2. The second-order valence-corrected chi connectivity index (χ2v) is 5.63. The van der Waals surface area contributed by atoms with Crippen LogP contribution in [0, 0.1) is 0 Å². The van der Waals surface area contributed by atoms with E-state index in [2.05, 4.69) is 15.5 Å². The summed E-state index contributed by atoms with van der Waals surface area (Å²) in [6.45, 7) is 1.51. The maximum atomic E-state index is 12.5. The van der Waals surface area contributed by atoms with Crippen molar-refractivity contribution < 1.29 is 14.3 Å². The highest BCUT2D eigenvalue weighted by atomic mass is 35.5. The molecule has 25 heavy (non-hydrogen) atoms. The van der Waals surface area contributed by atoms with E-state index in [4.69, 9.17) is 16.3 Å². The number of ether oxygens (including phenoxy) is 1. The Kier molecular flexibility index (Phi) is 4.85. The highest BCUT2D eigenvalue weighted by Gasteiger charge is 2.22. The summed E-state index contributed by atoms with van der Waals surface area (Å²) in [4.78, 5) is 24.9. The molecule has 1 heterocycles. The number of Topliss-reactive ketones (excluding diaryl/α,β-unsaturated/α-hetero) is 1. The van der Waals surface area contributed by atoms with E-state index in [0.29, 0.717) is 16.3 Å². The predicted octanol–water partition coefficient (Wildman–Crippen LogP) is 2.74. The van der Waals surface area contributed by atoms with Crippen molar-refractivity contribution in [1.82, 2.24) is 20.2 Å². The van der Waals surface area contributed by atoms with Crippen LogP contribution in [0.15, 0.2) is 54.9 Å². The summed E-state index contributed by atoms with van der Waals surface area (Å²) in [5.41, 5.74) is 1.09. The lowest BCUT2D eigenvalue weighted by Crippen LogP contribution is -2.25. The molecule has 0 fully saturated rings. The number of hydrogen-bond acceptors (Lipinski definition) is 6. The van der Waals surface area contributed by atoms with Crippen LogP contribution < -0.4 is 0 Å². The number of tetrazole rings is 1. The van der Waals surface area contributed by atoms with Gasteiger partial charge in [-0.1, -0.05) is 35.9 Å². The van der Waals surface area contributed by atoms with Crippen molar-refractivity contribution in [2.45, 2.75) is 13.0 Å². The first-order valence-corrected chi connectivity index (χ1v) is 7.77. The van der Waals surface area contributed by atoms with Gasteiger partial charge >= 0.3 is 5.97 Å². The van der Waals surface area contributed by atoms with Crippen molar-refractivity contribution >= 4 is 23.4 Å². The van der Waals surface area contributed by atoms with E-state index in [9.17, 15) is 9.59 Å². The first-order valence-electron chi connectivity index (χ1n) is 7.39. The third kappa shape index (κ3) is 3.72. The van der Waals surface area contributed by atoms with E-state index in [1.807, 2.05) is 0 Å². The minimum absolute atomic E-state index is 0.251. The van der Waals surface area contributed by atoms with E-state index >= 15 is 0 Å². The summed E-state index contributed by atoms with van der Waals surface area (Å²) in [5, 5.41) is 11.3. The van der Waals surface area contributed by atoms with Gasteiger partial charge in [0.15, 0.2) is 6.10 Å². The number of hydrogen-bond donors (Lipinski definition) is 0. The lowest BCUT2D eigenvalue weighted by atomic mass is 10.1. The number of esters is 1. The molecular formula is C17H13ClN4O3. The van der Waals surface area contributed by atoms with Crippen molar-refractivity contribution in [3.05, 3.63) is 71.0 Å². The maximum absolute atomic E-state index is 12.5. The summed E-state index contributed by atoms with van der Waals surface area (Å²) >= 11 is 5.89. The summed E-state index contributed by atoms with van der Waals surface area (Å²) in [7, 11) is 0. The van der Waals surface area contributed by atoms with Gasteiger partial charge in [-0.15, -0.1) is 5.10 Å². The Hall–Kier alpha value is -3.06. The number of ketones is 1. The highest BCUT2D eigenvalue weighted by molar-refractivity contribution is 6.31. The zero-order valence-electron chi connectivity index (χ0n) is 13.2. The molecule has 0 spiro atoms. The lowest BCUT2D eigenvalue weighted by Gasteiger charge is -2.14. The molecule has 0 saturated carbocycles. The zero-order valence-corrected chi connectivity index (χ0v) is 13.9. The molecule has 0 N–H and O–H groups in total. The number of nitrogens with zero attached hydrogens (tertiary/aromatic N) is 4. The average molecular weight is 357 g/mol. The van der Waals surface area contributed by atoms with Crippen molar-refractivity contribution in [2.75, 3.05) is 0 Å². The van der Waals surface area contributed by atoms with Crippen molar-refractivity contribution in [1.29, 1.82) is 0 Å². The monoisotopic (exact) mass is 356 g/mol. The third-order valence-corrected chi connectivity index (χ3v) is 3.72. The molecule has 1 atom stereocenters. The predicted molar refractivity (Wildman–Crippen MR) is 89.8 cm³/mol. The first kappa shape index (κ1) is 16.8. The highest BCUT2D eigenvalue weighted by Crippen LogP contribution is 2.17. The van der Waals surface area contributed by atoms with Gasteiger partial charge in [0.1, 0.15) is 6.33 Å². The van der Waals surface area contributed by atoms with Gasteiger partial charge in [-0.2, -0.15) is 4.68 Å². The lowest BCUT2D eigenvalue weighted by molar-refractivity contribution is 0.0318. The van der Waals surface area contributed by atoms with E-state index in [0.717, 1.165) is 0 Å². The molecule has 126 valence electrons. The van der Waals surface area contributed by atoms with E-state index in [1.165, 1.54) is 24.0 Å². The van der Waals surface area contributed by atoms with Gasteiger partial charge in [0.25, 0.3) is 0 Å². The van der Waals surface area contributed by atoms with Crippen LogP contribution >= 0.6 is 11.6 Å². The normalized spacial score (nSPS) is 11.8. The van der Waals surface area contributed by atoms with Gasteiger partial charge in [-0.3, -0.25) is 4.79 Å². The van der Waals surface area contributed by atoms with Gasteiger partial charge in [0.05, 0.1) is 11.3 Å². The molecule has 0 amide bonds. The fourth-order valence-electron chi connectivity index (χ4n) is 2.27. The molecule has 1 aromatic heterocycles. The second-order valence-electron chi connectivity index (χ2n) is 5.19. The van der Waals surface area contributed by atoms with Gasteiger partial charge in [-0.05, 0) is 41.6 Å². The molecule has 0 bridgehead atoms. The Labute approximate surface area is 148 Å². The fourth-order valence-corrected chi connectivity index (χ4v) is 2.46. The van der Waals surface area contributed by atoms with E-state index < -0.39 is 12.1 Å². The summed E-state index contributed by atoms with van der Waals surface area (Å²) < 4.78 is 6.66. The van der Waals surface area contributed by atoms with Crippen LogP contribution in [0.5, 0.6) is 0 Å². The molecule has 0 aliphatic rings. The number of rotatable bonds is 5. The van der Waals surface area contributed by atoms with Crippen molar-refractivity contribution in [3.63, 3.8) is 0 Å². The van der Waals surface area contributed by atoms with Crippen LogP contribution in [-0.4, -0.2) is 38.1 Å². The Balaban J connectivity index is 1.80. The van der Waals surface area contributed by atoms with Gasteiger partial charge in [0, 0.05) is 10.6 Å². The van der Waals surface area contributed by atoms with Gasteiger partial charge in [-0.25, -0.2) is 4.79 Å². The van der Waals surface area contributed by atoms with Crippen LogP contribution in [0.4, 0.5) is 0 Å². The Morgan fingerprint density at radius 2 is 1.96 bits per heavy atom. The molecule has 0 aliphatic heterocycles. The molecule has 8 heteroatoms. The standard InChI is InChI=1S/C17H13ClN4O3/c1-11(16(23)12-5-4-6-13(18)9-12)25-17(24)14-7-2-3-8-15(14)22-10-19-20-21-22/h2-11H,1H3/t11-/m1/s1. The molecule has 2 aromatic carbocycles. The summed E-state index contributed by atoms with van der Waals surface area (Å²) in [6.07, 6.45) is 0.403. The number of aromatic nitrogens is 4. The van der Waals surface area contributed by atoms with E-state index in [1.54, 1.807) is 42.5 Å². The van der Waals surface area contributed by atoms with Gasteiger partial charge < -0.3 is 4.74 Å². The maximum Gasteiger partial charge on any atom is 0.341 e. The van der Waals surface area contributed by atoms with E-state index in [-0.39, 0.29) is 11.3 Å². The van der Waals surface area contributed by atoms with Crippen LogP contribution in [0.25, 0.3) is 5.69 Å². The smallest absolute Gasteiger partial charge is 0.341 e. The number of carbonyl (C=O) groups is 2. The summed E-state index contributed by atoms with van der Waals surface area (Å²) in [6, 6.07) is 13.2. The molecule has 0 saturated heterocycles. The third-order valence-electron chi connectivity index (χ3n) is 3.48. The Morgan fingerprint density at radius 1 is 1.16 bits per heavy atom. The fraction of sp³-hybridized carbons (Fsp3) is 0.118. The molecule has 0 unspecified atom stereocenters. The molecule has 3 rings (SSSR count). The topological polar surface area (TPSA) is 87.0 Å². The first-order chi connectivity index (χ1) is 12.1. The molecule has 7 nitrogen and oxygen atoms in total. The number of halogens is 1. The molecular weight excluding hydrogens is 344 g/mol. The molecule has 0 aliphatic carbocycles. The second kappa shape index (κ2) is 7.23. The van der Waals surface area contributed by atoms with Crippen LogP contribution in [0.3, 0.4) is 0 Å². The van der Waals surface area contributed by atoms with Crippen LogP contribution in [0.2, 0.25) is 5.02 Å². The molecule has 3 aromatic rings. The number of para-hydroxylation sites is 1. The van der Waals surface area contributed by atoms with Crippen molar-refractivity contribution in [2.24, 2.45) is 0 Å². The number of benzene rings is 2. The summed E-state index contributed by atoms with van der Waals surface area (Å²) in [5.74, 6) is -0.982. The van der Waals surface area contributed by atoms with Crippen LogP contribution in [0.1, 0.15) is 27.6 Å². The largest absolute Gasteiger partial charge is 0.451 e. The Morgan fingerprint density at radius 3 is 2.68 bits per heavy atom. The van der Waals surface area contributed by atoms with Crippen LogP contribution in [-0.2, 0) is 4.74 Å². The average Bonchev–Trinajstić information content (AvgIpc) is 3.15. The minimum atomic E-state index is -0.965. The molecule has 0 radical (unpaired) electrons. The van der Waals surface area contributed by atoms with Crippen molar-refractivity contribution in [3.8, 4) is 5.69 Å².